The number of hydrogen-bond donors (Lipinski definition) is 0. The van der Waals surface area contributed by atoms with Gasteiger partial charge in [-0.05, 0) is 62.4 Å². The number of rotatable bonds is 8. The Morgan fingerprint density at radius 3 is 2.59 bits per heavy atom. The van der Waals surface area contributed by atoms with Crippen LogP contribution in [-0.2, 0) is 11.3 Å². The molecule has 1 aromatic heterocycles. The molecule has 32 heavy (non-hydrogen) atoms. The Morgan fingerprint density at radius 2 is 1.84 bits per heavy atom. The molecule has 0 unspecified atom stereocenters. The molecule has 2 aliphatic heterocycles. The van der Waals surface area contributed by atoms with Crippen LogP contribution in [0.15, 0.2) is 58.7 Å². The zero-order valence-corrected chi connectivity index (χ0v) is 19.4. The molecule has 5 nitrogen and oxygen atoms in total. The summed E-state index contributed by atoms with van der Waals surface area (Å²) < 4.78 is 5.43. The first-order valence-electron chi connectivity index (χ1n) is 12.1. The van der Waals surface area contributed by atoms with Gasteiger partial charge in [0, 0.05) is 52.2 Å². The maximum Gasteiger partial charge on any atom is 0.222 e. The Balaban J connectivity index is 1.16. The quantitative estimate of drug-likeness (QED) is 0.611. The predicted octanol–water partition coefficient (Wildman–Crippen LogP) is 4.52. The topological polar surface area (TPSA) is 39.9 Å². The van der Waals surface area contributed by atoms with Gasteiger partial charge in [0.15, 0.2) is 0 Å². The molecular formula is C27H37N3O2. The summed E-state index contributed by atoms with van der Waals surface area (Å²) in [5, 5.41) is 0. The normalized spacial score (nSPS) is 21.1. The summed E-state index contributed by atoms with van der Waals surface area (Å²) in [6.45, 7) is 10.0. The van der Waals surface area contributed by atoms with Crippen molar-refractivity contribution >= 4 is 12.0 Å². The number of amides is 1. The van der Waals surface area contributed by atoms with Gasteiger partial charge in [-0.3, -0.25) is 14.6 Å². The van der Waals surface area contributed by atoms with E-state index in [-0.39, 0.29) is 0 Å². The number of carbonyl (C=O) groups excluding carboxylic acids is 1. The van der Waals surface area contributed by atoms with Crippen LogP contribution in [-0.4, -0.2) is 66.4 Å². The van der Waals surface area contributed by atoms with Gasteiger partial charge in [-0.15, -0.1) is 0 Å². The van der Waals surface area contributed by atoms with E-state index < -0.39 is 0 Å². The van der Waals surface area contributed by atoms with Gasteiger partial charge in [-0.1, -0.05) is 35.9 Å². The molecule has 0 radical (unpaired) electrons. The maximum absolute atomic E-state index is 12.8. The Hall–Kier alpha value is -2.37. The number of piperazine rings is 1. The van der Waals surface area contributed by atoms with Gasteiger partial charge in [0.05, 0.1) is 6.26 Å². The van der Waals surface area contributed by atoms with Crippen LogP contribution in [0.4, 0.5) is 0 Å². The molecule has 0 bridgehead atoms. The van der Waals surface area contributed by atoms with Crippen molar-refractivity contribution in [2.75, 3.05) is 45.8 Å². The average molecular weight is 436 g/mol. The zero-order chi connectivity index (χ0) is 22.2. The highest BCUT2D eigenvalue weighted by atomic mass is 16.3. The number of furan rings is 1. The fourth-order valence-corrected chi connectivity index (χ4v) is 5.03. The molecule has 0 N–H and O–H groups in total. The van der Waals surface area contributed by atoms with E-state index >= 15 is 0 Å². The third-order valence-corrected chi connectivity index (χ3v) is 6.75. The molecule has 0 saturated carbocycles. The minimum Gasteiger partial charge on any atom is -0.465 e. The molecule has 1 aromatic carbocycles. The van der Waals surface area contributed by atoms with E-state index in [1.807, 2.05) is 12.1 Å². The third-order valence-electron chi connectivity index (χ3n) is 6.75. The monoisotopic (exact) mass is 435 g/mol. The largest absolute Gasteiger partial charge is 0.465 e. The van der Waals surface area contributed by atoms with E-state index in [1.165, 1.54) is 24.0 Å². The molecule has 2 fully saturated rings. The molecule has 1 amide bonds. The van der Waals surface area contributed by atoms with E-state index in [0.717, 1.165) is 64.5 Å². The van der Waals surface area contributed by atoms with Gasteiger partial charge < -0.3 is 9.32 Å². The second kappa shape index (κ2) is 11.5. The fraction of sp³-hybridized carbons (Fsp3) is 0.519. The summed E-state index contributed by atoms with van der Waals surface area (Å²) in [6.07, 6.45) is 8.03. The molecule has 172 valence electrons. The lowest BCUT2D eigenvalue weighted by atomic mass is 9.92. The molecule has 3 heterocycles. The van der Waals surface area contributed by atoms with Crippen molar-refractivity contribution in [2.24, 2.45) is 5.92 Å². The van der Waals surface area contributed by atoms with E-state index in [4.69, 9.17) is 4.42 Å². The van der Waals surface area contributed by atoms with Gasteiger partial charge in [0.25, 0.3) is 0 Å². The molecule has 2 saturated heterocycles. The van der Waals surface area contributed by atoms with Crippen molar-refractivity contribution in [3.63, 3.8) is 0 Å². The van der Waals surface area contributed by atoms with Crippen molar-refractivity contribution in [1.82, 2.24) is 14.7 Å². The van der Waals surface area contributed by atoms with Crippen molar-refractivity contribution in [1.29, 1.82) is 0 Å². The number of hydrogen-bond acceptors (Lipinski definition) is 4. The lowest BCUT2D eigenvalue weighted by Gasteiger charge is -2.36. The summed E-state index contributed by atoms with van der Waals surface area (Å²) >= 11 is 0. The third kappa shape index (κ3) is 6.81. The van der Waals surface area contributed by atoms with Crippen LogP contribution < -0.4 is 0 Å². The number of piperidine rings is 1. The second-order valence-electron chi connectivity index (χ2n) is 9.43. The number of benzene rings is 1. The summed E-state index contributed by atoms with van der Waals surface area (Å²) in [5.41, 5.74) is 2.67. The Morgan fingerprint density at radius 1 is 1.03 bits per heavy atom. The van der Waals surface area contributed by atoms with Crippen LogP contribution in [0.5, 0.6) is 0 Å². The van der Waals surface area contributed by atoms with Gasteiger partial charge in [0.1, 0.15) is 5.76 Å². The summed E-state index contributed by atoms with van der Waals surface area (Å²) in [7, 11) is 0. The Kier molecular flexibility index (Phi) is 8.18. The van der Waals surface area contributed by atoms with Crippen LogP contribution in [0.3, 0.4) is 0 Å². The predicted molar refractivity (Wildman–Crippen MR) is 129 cm³/mol. The van der Waals surface area contributed by atoms with E-state index in [1.54, 1.807) is 6.26 Å². The maximum atomic E-state index is 12.8. The van der Waals surface area contributed by atoms with Crippen molar-refractivity contribution in [2.45, 2.75) is 39.2 Å². The second-order valence-corrected chi connectivity index (χ2v) is 9.43. The lowest BCUT2D eigenvalue weighted by molar-refractivity contribution is -0.133. The van der Waals surface area contributed by atoms with E-state index in [0.29, 0.717) is 18.2 Å². The molecule has 2 aliphatic rings. The first-order valence-corrected chi connectivity index (χ1v) is 12.1. The number of likely N-dealkylation sites (tertiary alicyclic amines) is 1. The SMILES string of the molecule is C/C(=C\c1ccco1)CN1CCC[C@@H](CCC(=O)N2CCN(Cc3ccccc3)CC2)C1. The summed E-state index contributed by atoms with van der Waals surface area (Å²) in [5.74, 6) is 1.89. The van der Waals surface area contributed by atoms with Gasteiger partial charge in [-0.25, -0.2) is 0 Å². The Labute approximate surface area is 192 Å². The average Bonchev–Trinajstić information content (AvgIpc) is 3.32. The summed E-state index contributed by atoms with van der Waals surface area (Å²) in [4.78, 5) is 19.9. The first kappa shape index (κ1) is 22.8. The smallest absolute Gasteiger partial charge is 0.222 e. The van der Waals surface area contributed by atoms with Crippen molar-refractivity contribution in [3.05, 3.63) is 65.6 Å². The Bertz CT molecular complexity index is 854. The molecule has 5 heteroatoms. The minimum absolute atomic E-state index is 0.343. The van der Waals surface area contributed by atoms with Gasteiger partial charge in [-0.2, -0.15) is 0 Å². The van der Waals surface area contributed by atoms with E-state index in [9.17, 15) is 4.79 Å². The molecule has 0 spiro atoms. The summed E-state index contributed by atoms with van der Waals surface area (Å²) in [6, 6.07) is 14.5. The van der Waals surface area contributed by atoms with Crippen LogP contribution in [0, 0.1) is 5.92 Å². The minimum atomic E-state index is 0.343. The van der Waals surface area contributed by atoms with Crippen LogP contribution in [0.2, 0.25) is 0 Å². The lowest BCUT2D eigenvalue weighted by Crippen LogP contribution is -2.48. The molecule has 4 rings (SSSR count). The van der Waals surface area contributed by atoms with Crippen molar-refractivity contribution in [3.8, 4) is 0 Å². The molecule has 0 aliphatic carbocycles. The number of nitrogens with zero attached hydrogens (tertiary/aromatic N) is 3. The molecule has 2 aromatic rings. The number of carbonyl (C=O) groups is 1. The van der Waals surface area contributed by atoms with Crippen LogP contribution in [0.1, 0.15) is 43.9 Å². The van der Waals surface area contributed by atoms with Crippen LogP contribution in [0.25, 0.3) is 6.08 Å². The molecule has 1 atom stereocenters. The highest BCUT2D eigenvalue weighted by molar-refractivity contribution is 5.76. The molecular weight excluding hydrogens is 398 g/mol. The standard InChI is InChI=1S/C27H37N3O2/c1-23(19-26-10-6-18-32-26)20-29-13-5-9-25(22-29)11-12-27(31)30-16-14-28(15-17-30)21-24-7-3-2-4-8-24/h2-4,6-8,10,18-19,25H,5,9,11-17,20-22H2,1H3/b23-19+/t25-/m0/s1. The van der Waals surface area contributed by atoms with Crippen molar-refractivity contribution < 1.29 is 9.21 Å². The van der Waals surface area contributed by atoms with Gasteiger partial charge >= 0.3 is 0 Å². The first-order chi connectivity index (χ1) is 15.7. The highest BCUT2D eigenvalue weighted by Gasteiger charge is 2.24. The van der Waals surface area contributed by atoms with Gasteiger partial charge in [0.2, 0.25) is 5.91 Å². The zero-order valence-electron chi connectivity index (χ0n) is 19.4. The fourth-order valence-electron chi connectivity index (χ4n) is 5.03. The van der Waals surface area contributed by atoms with Crippen LogP contribution >= 0.6 is 0 Å². The van der Waals surface area contributed by atoms with E-state index in [2.05, 4.69) is 58.0 Å². The highest BCUT2D eigenvalue weighted by Crippen LogP contribution is 2.23.